The third-order valence-electron chi connectivity index (χ3n) is 3.58. The first-order valence-electron chi connectivity index (χ1n) is 5.55. The average Bonchev–Trinajstić information content (AvgIpc) is 2.86. The first-order chi connectivity index (χ1) is 8.45. The molecule has 0 bridgehead atoms. The molecule has 2 aliphatic rings. The number of hydrogen-bond acceptors (Lipinski definition) is 2. The highest BCUT2D eigenvalue weighted by atomic mass is 19.4. The second-order valence-corrected chi connectivity index (χ2v) is 4.56. The summed E-state index contributed by atoms with van der Waals surface area (Å²) in [4.78, 5) is 12.0. The molecule has 1 spiro atoms. The molecular weight excluding hydrogens is 247 g/mol. The molecule has 1 fully saturated rings. The second-order valence-electron chi connectivity index (χ2n) is 4.56. The van der Waals surface area contributed by atoms with Crippen LogP contribution in [0.1, 0.15) is 17.5 Å². The summed E-state index contributed by atoms with van der Waals surface area (Å²) in [6, 6.07) is 3.88. The standard InChI is InChI=1S/C12H10F3NO2/c13-12(14,15)8-3-1-2-7-9(8)16-10(17)11(7)4-5-18-6-11/h1-3H,4-6H2,(H,16,17). The fourth-order valence-corrected chi connectivity index (χ4v) is 2.63. The van der Waals surface area contributed by atoms with Crippen LogP contribution in [0.4, 0.5) is 18.9 Å². The molecule has 1 aromatic carbocycles. The minimum atomic E-state index is -4.47. The largest absolute Gasteiger partial charge is 0.418 e. The molecule has 18 heavy (non-hydrogen) atoms. The monoisotopic (exact) mass is 257 g/mol. The van der Waals surface area contributed by atoms with Gasteiger partial charge in [0.05, 0.1) is 17.9 Å². The number of ether oxygens (including phenoxy) is 1. The summed E-state index contributed by atoms with van der Waals surface area (Å²) in [6.07, 6.45) is -4.04. The number of halogens is 3. The molecule has 96 valence electrons. The molecule has 0 radical (unpaired) electrons. The summed E-state index contributed by atoms with van der Waals surface area (Å²) in [5.41, 5.74) is -1.44. The SMILES string of the molecule is O=C1Nc2c(C(F)(F)F)cccc2C12CCOC2. The molecule has 1 saturated heterocycles. The van der Waals surface area contributed by atoms with Crippen molar-refractivity contribution >= 4 is 11.6 Å². The topological polar surface area (TPSA) is 38.3 Å². The Morgan fingerprint density at radius 3 is 2.72 bits per heavy atom. The van der Waals surface area contributed by atoms with Crippen molar-refractivity contribution in [3.8, 4) is 0 Å². The molecule has 2 aliphatic heterocycles. The van der Waals surface area contributed by atoms with Crippen LogP contribution < -0.4 is 5.32 Å². The molecule has 0 aliphatic carbocycles. The maximum Gasteiger partial charge on any atom is 0.418 e. The normalized spacial score (nSPS) is 26.5. The van der Waals surface area contributed by atoms with Crippen LogP contribution in [-0.4, -0.2) is 19.1 Å². The molecule has 1 unspecified atom stereocenters. The number of carbonyl (C=O) groups is 1. The van der Waals surface area contributed by atoms with Crippen molar-refractivity contribution in [2.24, 2.45) is 0 Å². The van der Waals surface area contributed by atoms with Crippen LogP contribution in [-0.2, 0) is 21.1 Å². The van der Waals surface area contributed by atoms with Gasteiger partial charge in [-0.15, -0.1) is 0 Å². The van der Waals surface area contributed by atoms with Crippen molar-refractivity contribution in [1.29, 1.82) is 0 Å². The summed E-state index contributed by atoms with van der Waals surface area (Å²) in [5.74, 6) is -0.397. The highest BCUT2D eigenvalue weighted by Crippen LogP contribution is 2.48. The molecular formula is C12H10F3NO2. The van der Waals surface area contributed by atoms with E-state index in [1.807, 2.05) is 0 Å². The van der Waals surface area contributed by atoms with Crippen LogP contribution >= 0.6 is 0 Å². The van der Waals surface area contributed by atoms with Gasteiger partial charge in [0.15, 0.2) is 0 Å². The van der Waals surface area contributed by atoms with Crippen molar-refractivity contribution in [1.82, 2.24) is 0 Å². The highest BCUT2D eigenvalue weighted by Gasteiger charge is 2.52. The predicted octanol–water partition coefficient (Wildman–Crippen LogP) is 2.32. The molecule has 1 atom stereocenters. The van der Waals surface area contributed by atoms with E-state index in [0.29, 0.717) is 18.6 Å². The quantitative estimate of drug-likeness (QED) is 0.774. The smallest absolute Gasteiger partial charge is 0.380 e. The number of carbonyl (C=O) groups excluding carboxylic acids is 1. The van der Waals surface area contributed by atoms with E-state index < -0.39 is 23.1 Å². The average molecular weight is 257 g/mol. The Morgan fingerprint density at radius 2 is 2.11 bits per heavy atom. The number of anilines is 1. The number of alkyl halides is 3. The van der Waals surface area contributed by atoms with E-state index >= 15 is 0 Å². The molecule has 1 amide bonds. The zero-order valence-electron chi connectivity index (χ0n) is 9.30. The number of benzene rings is 1. The minimum Gasteiger partial charge on any atom is -0.380 e. The first-order valence-corrected chi connectivity index (χ1v) is 5.55. The van der Waals surface area contributed by atoms with Crippen molar-refractivity contribution in [2.45, 2.75) is 18.0 Å². The fraction of sp³-hybridized carbons (Fsp3) is 0.417. The first kappa shape index (κ1) is 11.5. The van der Waals surface area contributed by atoms with Gasteiger partial charge in [0, 0.05) is 6.61 Å². The van der Waals surface area contributed by atoms with Gasteiger partial charge < -0.3 is 10.1 Å². The number of nitrogens with one attached hydrogen (secondary N) is 1. The molecule has 0 saturated carbocycles. The molecule has 1 N–H and O–H groups in total. The Labute approximate surface area is 101 Å². The third kappa shape index (κ3) is 1.38. The van der Waals surface area contributed by atoms with Gasteiger partial charge in [-0.05, 0) is 18.1 Å². The third-order valence-corrected chi connectivity index (χ3v) is 3.58. The molecule has 1 aromatic rings. The highest BCUT2D eigenvalue weighted by molar-refractivity contribution is 6.07. The van der Waals surface area contributed by atoms with Crippen LogP contribution in [0.5, 0.6) is 0 Å². The molecule has 0 aromatic heterocycles. The fourth-order valence-electron chi connectivity index (χ4n) is 2.63. The Morgan fingerprint density at radius 1 is 1.33 bits per heavy atom. The zero-order chi connectivity index (χ0) is 13.0. The van der Waals surface area contributed by atoms with Gasteiger partial charge in [0.2, 0.25) is 5.91 Å². The lowest BCUT2D eigenvalue weighted by Crippen LogP contribution is -2.34. The van der Waals surface area contributed by atoms with Crippen LogP contribution in [0.25, 0.3) is 0 Å². The number of rotatable bonds is 0. The summed E-state index contributed by atoms with van der Waals surface area (Å²) in [6.45, 7) is 0.538. The lowest BCUT2D eigenvalue weighted by atomic mass is 9.80. The van der Waals surface area contributed by atoms with Gasteiger partial charge >= 0.3 is 6.18 Å². The van der Waals surface area contributed by atoms with Crippen LogP contribution in [0.15, 0.2) is 18.2 Å². The van der Waals surface area contributed by atoms with Gasteiger partial charge in [0.1, 0.15) is 5.41 Å². The lowest BCUT2D eigenvalue weighted by molar-refractivity contribution is -0.136. The van der Waals surface area contributed by atoms with Crippen LogP contribution in [0, 0.1) is 0 Å². The Hall–Kier alpha value is -1.56. The van der Waals surface area contributed by atoms with Gasteiger partial charge in [-0.25, -0.2) is 0 Å². The Bertz CT molecular complexity index is 519. The van der Waals surface area contributed by atoms with E-state index in [0.717, 1.165) is 6.07 Å². The maximum atomic E-state index is 12.9. The Kier molecular flexibility index (Phi) is 2.22. The summed E-state index contributed by atoms with van der Waals surface area (Å²) in [5, 5.41) is 2.37. The molecule has 3 rings (SSSR count). The van der Waals surface area contributed by atoms with Gasteiger partial charge in [-0.2, -0.15) is 13.2 Å². The minimum absolute atomic E-state index is 0.111. The van der Waals surface area contributed by atoms with Gasteiger partial charge in [0.25, 0.3) is 0 Å². The Balaban J connectivity index is 2.19. The molecule has 2 heterocycles. The van der Waals surface area contributed by atoms with Crippen molar-refractivity contribution in [3.63, 3.8) is 0 Å². The molecule has 3 nitrogen and oxygen atoms in total. The number of hydrogen-bond donors (Lipinski definition) is 1. The van der Waals surface area contributed by atoms with Crippen molar-refractivity contribution in [2.75, 3.05) is 18.5 Å². The van der Waals surface area contributed by atoms with Crippen molar-refractivity contribution in [3.05, 3.63) is 29.3 Å². The number of fused-ring (bicyclic) bond motifs is 2. The second kappa shape index (κ2) is 3.47. The zero-order valence-corrected chi connectivity index (χ0v) is 9.30. The predicted molar refractivity (Wildman–Crippen MR) is 57.2 cm³/mol. The van der Waals surface area contributed by atoms with Gasteiger partial charge in [-0.3, -0.25) is 4.79 Å². The molecule has 6 heteroatoms. The summed E-state index contributed by atoms with van der Waals surface area (Å²) < 4.78 is 43.8. The maximum absolute atomic E-state index is 12.9. The van der Waals surface area contributed by atoms with Crippen molar-refractivity contribution < 1.29 is 22.7 Å². The summed E-state index contributed by atoms with van der Waals surface area (Å²) in [7, 11) is 0. The van der Waals surface area contributed by atoms with E-state index in [9.17, 15) is 18.0 Å². The summed E-state index contributed by atoms with van der Waals surface area (Å²) >= 11 is 0. The van der Waals surface area contributed by atoms with Crippen LogP contribution in [0.3, 0.4) is 0 Å². The van der Waals surface area contributed by atoms with E-state index in [1.165, 1.54) is 6.07 Å². The lowest BCUT2D eigenvalue weighted by Gasteiger charge is -2.19. The van der Waals surface area contributed by atoms with E-state index in [-0.39, 0.29) is 12.3 Å². The van der Waals surface area contributed by atoms with E-state index in [1.54, 1.807) is 6.07 Å². The van der Waals surface area contributed by atoms with Crippen LogP contribution in [0.2, 0.25) is 0 Å². The number of amides is 1. The van der Waals surface area contributed by atoms with E-state index in [2.05, 4.69) is 5.32 Å². The number of para-hydroxylation sites is 1. The van der Waals surface area contributed by atoms with Gasteiger partial charge in [-0.1, -0.05) is 12.1 Å². The van der Waals surface area contributed by atoms with E-state index in [4.69, 9.17) is 4.74 Å².